The van der Waals surface area contributed by atoms with Crippen LogP contribution in [0.25, 0.3) is 10.9 Å². The summed E-state index contributed by atoms with van der Waals surface area (Å²) in [6.07, 6.45) is 2.34. The summed E-state index contributed by atoms with van der Waals surface area (Å²) in [7, 11) is 0. The molecule has 1 aliphatic carbocycles. The van der Waals surface area contributed by atoms with E-state index in [0.29, 0.717) is 11.5 Å². The molecule has 2 fully saturated rings. The van der Waals surface area contributed by atoms with E-state index in [9.17, 15) is 4.79 Å². The van der Waals surface area contributed by atoms with Gasteiger partial charge in [0, 0.05) is 28.4 Å². The highest BCUT2D eigenvalue weighted by molar-refractivity contribution is 6.12. The van der Waals surface area contributed by atoms with Gasteiger partial charge in [0.2, 0.25) is 0 Å². The number of quaternary nitrogens is 1. The number of piperazine rings is 1. The lowest BCUT2D eigenvalue weighted by atomic mass is 10.1. The second-order valence-electron chi connectivity index (χ2n) is 8.48. The summed E-state index contributed by atoms with van der Waals surface area (Å²) in [4.78, 5) is 22.0. The standard InChI is InChI=1S/C25H28N4O/c1-2-28-13-15-29(16-14-28)20-11-9-19(10-12-20)26-25(30)22-17-24(18-7-8-18)27-23-6-4-3-5-21(22)23/h3-6,9-12,17-18H,2,7-8,13-16H2,1H3,(H,26,30)/p+1. The van der Waals surface area contributed by atoms with Crippen molar-refractivity contribution >= 4 is 28.2 Å². The molecule has 0 spiro atoms. The van der Waals surface area contributed by atoms with Crippen LogP contribution in [0.4, 0.5) is 11.4 Å². The number of carbonyl (C=O) groups is 1. The van der Waals surface area contributed by atoms with Gasteiger partial charge in [-0.2, -0.15) is 0 Å². The predicted molar refractivity (Wildman–Crippen MR) is 122 cm³/mol. The number of rotatable bonds is 5. The summed E-state index contributed by atoms with van der Waals surface area (Å²) in [6.45, 7) is 8.00. The van der Waals surface area contributed by atoms with Crippen molar-refractivity contribution in [2.45, 2.75) is 25.7 Å². The first-order valence-corrected chi connectivity index (χ1v) is 11.1. The van der Waals surface area contributed by atoms with Gasteiger partial charge in [-0.1, -0.05) is 18.2 Å². The van der Waals surface area contributed by atoms with Gasteiger partial charge in [0.25, 0.3) is 5.91 Å². The molecular weight excluding hydrogens is 372 g/mol. The smallest absolute Gasteiger partial charge is 0.256 e. The second kappa shape index (κ2) is 8.07. The van der Waals surface area contributed by atoms with Crippen LogP contribution in [0.2, 0.25) is 0 Å². The van der Waals surface area contributed by atoms with E-state index in [0.717, 1.165) is 35.4 Å². The number of likely N-dealkylation sites (N-methyl/N-ethyl adjacent to an activating group) is 1. The molecule has 2 N–H and O–H groups in total. The molecule has 1 amide bonds. The number of aromatic nitrogens is 1. The van der Waals surface area contributed by atoms with E-state index in [-0.39, 0.29) is 5.91 Å². The van der Waals surface area contributed by atoms with Crippen LogP contribution in [-0.4, -0.2) is 43.6 Å². The predicted octanol–water partition coefficient (Wildman–Crippen LogP) is 3.09. The van der Waals surface area contributed by atoms with Gasteiger partial charge < -0.3 is 15.1 Å². The van der Waals surface area contributed by atoms with E-state index in [1.807, 2.05) is 42.5 Å². The van der Waals surface area contributed by atoms with Gasteiger partial charge in [0.15, 0.2) is 0 Å². The zero-order chi connectivity index (χ0) is 20.5. The molecule has 2 aliphatic rings. The average molecular weight is 402 g/mol. The van der Waals surface area contributed by atoms with Crippen molar-refractivity contribution in [2.75, 3.05) is 42.9 Å². The molecule has 0 atom stereocenters. The molecule has 1 saturated carbocycles. The van der Waals surface area contributed by atoms with E-state index in [1.165, 1.54) is 38.2 Å². The number of nitrogens with one attached hydrogen (secondary N) is 2. The number of hydrogen-bond acceptors (Lipinski definition) is 3. The Labute approximate surface area is 177 Å². The molecule has 154 valence electrons. The van der Waals surface area contributed by atoms with Crippen molar-refractivity contribution < 1.29 is 9.69 Å². The third-order valence-electron chi connectivity index (χ3n) is 6.44. The molecule has 1 aliphatic heterocycles. The van der Waals surface area contributed by atoms with Crippen molar-refractivity contribution in [1.29, 1.82) is 0 Å². The normalized spacial score (nSPS) is 17.3. The molecular formula is C25H29N4O+. The Morgan fingerprint density at radius 1 is 1.10 bits per heavy atom. The largest absolute Gasteiger partial charge is 0.360 e. The lowest BCUT2D eigenvalue weighted by Crippen LogP contribution is -3.14. The minimum Gasteiger partial charge on any atom is -0.360 e. The van der Waals surface area contributed by atoms with Gasteiger partial charge in [0.1, 0.15) is 0 Å². The maximum Gasteiger partial charge on any atom is 0.256 e. The fraction of sp³-hybridized carbons (Fsp3) is 0.360. The molecule has 2 heterocycles. The lowest BCUT2D eigenvalue weighted by molar-refractivity contribution is -0.898. The summed E-state index contributed by atoms with van der Waals surface area (Å²) >= 11 is 0. The maximum atomic E-state index is 13.1. The molecule has 1 saturated heterocycles. The third-order valence-corrected chi connectivity index (χ3v) is 6.44. The molecule has 0 unspecified atom stereocenters. The van der Waals surface area contributed by atoms with Crippen molar-refractivity contribution in [1.82, 2.24) is 4.98 Å². The first kappa shape index (κ1) is 19.1. The number of carbonyl (C=O) groups excluding carboxylic acids is 1. The molecule has 1 aromatic heterocycles. The van der Waals surface area contributed by atoms with Crippen molar-refractivity contribution in [2.24, 2.45) is 0 Å². The molecule has 2 aromatic carbocycles. The number of pyridine rings is 1. The highest BCUT2D eigenvalue weighted by Crippen LogP contribution is 2.40. The number of fused-ring (bicyclic) bond motifs is 1. The van der Waals surface area contributed by atoms with Crippen LogP contribution >= 0.6 is 0 Å². The zero-order valence-electron chi connectivity index (χ0n) is 17.5. The topological polar surface area (TPSA) is 49.7 Å². The highest BCUT2D eigenvalue weighted by Gasteiger charge is 2.27. The monoisotopic (exact) mass is 401 g/mol. The maximum absolute atomic E-state index is 13.1. The minimum absolute atomic E-state index is 0.0663. The van der Waals surface area contributed by atoms with Crippen LogP contribution in [0.15, 0.2) is 54.6 Å². The Kier molecular flexibility index (Phi) is 5.13. The van der Waals surface area contributed by atoms with Crippen LogP contribution in [0.3, 0.4) is 0 Å². The Morgan fingerprint density at radius 3 is 2.53 bits per heavy atom. The van der Waals surface area contributed by atoms with Crippen LogP contribution in [0, 0.1) is 0 Å². The van der Waals surface area contributed by atoms with Crippen LogP contribution in [0.1, 0.15) is 41.7 Å². The molecule has 0 bridgehead atoms. The SMILES string of the molecule is CC[NH+]1CCN(c2ccc(NC(=O)c3cc(C4CC4)nc4ccccc34)cc2)CC1. The zero-order valence-corrected chi connectivity index (χ0v) is 17.5. The third kappa shape index (κ3) is 3.90. The van der Waals surface area contributed by atoms with Crippen molar-refractivity contribution in [3.05, 3.63) is 65.9 Å². The lowest BCUT2D eigenvalue weighted by Gasteiger charge is -2.33. The first-order valence-electron chi connectivity index (χ1n) is 11.1. The molecule has 5 nitrogen and oxygen atoms in total. The van der Waals surface area contributed by atoms with Gasteiger partial charge in [-0.15, -0.1) is 0 Å². The Hall–Kier alpha value is -2.92. The number of benzene rings is 2. The van der Waals surface area contributed by atoms with Crippen LogP contribution in [-0.2, 0) is 0 Å². The van der Waals surface area contributed by atoms with E-state index < -0.39 is 0 Å². The summed E-state index contributed by atoms with van der Waals surface area (Å²) in [5.41, 5.74) is 4.72. The van der Waals surface area contributed by atoms with Crippen LogP contribution in [0.5, 0.6) is 0 Å². The number of anilines is 2. The summed E-state index contributed by atoms with van der Waals surface area (Å²) in [5, 5.41) is 4.00. The fourth-order valence-corrected chi connectivity index (χ4v) is 4.36. The highest BCUT2D eigenvalue weighted by atomic mass is 16.1. The number of nitrogens with zero attached hydrogens (tertiary/aromatic N) is 2. The van der Waals surface area contributed by atoms with Gasteiger partial charge in [0.05, 0.1) is 43.8 Å². The Bertz CT molecular complexity index is 1050. The summed E-state index contributed by atoms with van der Waals surface area (Å²) in [6, 6.07) is 18.2. The quantitative estimate of drug-likeness (QED) is 0.691. The molecule has 3 aromatic rings. The van der Waals surface area contributed by atoms with Gasteiger partial charge in [-0.3, -0.25) is 9.78 Å². The van der Waals surface area contributed by atoms with E-state index in [2.05, 4.69) is 29.3 Å². The van der Waals surface area contributed by atoms with Crippen molar-refractivity contribution in [3.63, 3.8) is 0 Å². The average Bonchev–Trinajstić information content (AvgIpc) is 3.64. The van der Waals surface area contributed by atoms with Gasteiger partial charge in [-0.05, 0) is 56.2 Å². The second-order valence-corrected chi connectivity index (χ2v) is 8.48. The molecule has 0 radical (unpaired) electrons. The summed E-state index contributed by atoms with van der Waals surface area (Å²) in [5.74, 6) is 0.443. The first-order chi connectivity index (χ1) is 14.7. The Balaban J connectivity index is 1.33. The van der Waals surface area contributed by atoms with Crippen molar-refractivity contribution in [3.8, 4) is 0 Å². The van der Waals surface area contributed by atoms with E-state index in [1.54, 1.807) is 4.90 Å². The molecule has 5 heteroatoms. The van der Waals surface area contributed by atoms with Gasteiger partial charge in [-0.25, -0.2) is 0 Å². The van der Waals surface area contributed by atoms with E-state index >= 15 is 0 Å². The number of para-hydroxylation sites is 1. The summed E-state index contributed by atoms with van der Waals surface area (Å²) < 4.78 is 0. The molecule has 5 rings (SSSR count). The van der Waals surface area contributed by atoms with Gasteiger partial charge >= 0.3 is 0 Å². The Morgan fingerprint density at radius 2 is 1.83 bits per heavy atom. The fourth-order valence-electron chi connectivity index (χ4n) is 4.36. The van der Waals surface area contributed by atoms with E-state index in [4.69, 9.17) is 4.98 Å². The minimum atomic E-state index is -0.0663. The van der Waals surface area contributed by atoms with Crippen LogP contribution < -0.4 is 15.1 Å². The number of hydrogen-bond donors (Lipinski definition) is 2. The molecule has 30 heavy (non-hydrogen) atoms. The number of amides is 1.